The number of aliphatic hydroxyl groups is 1. The Morgan fingerprint density at radius 3 is 2.09 bits per heavy atom. The Morgan fingerprint density at radius 2 is 1.51 bits per heavy atom. The molecule has 0 unspecified atom stereocenters. The molecule has 0 bridgehead atoms. The lowest BCUT2D eigenvalue weighted by atomic mass is 9.96. The molecule has 0 radical (unpaired) electrons. The highest BCUT2D eigenvalue weighted by molar-refractivity contribution is 5.98. The number of nitrogens with zero attached hydrogens (tertiary/aromatic N) is 3. The molecule has 24 nitrogen and oxygen atoms in total. The molecule has 8 atom stereocenters. The van der Waals surface area contributed by atoms with Crippen LogP contribution >= 0.6 is 0 Å². The first-order chi connectivity index (χ1) is 32.8. The third-order valence-electron chi connectivity index (χ3n) is 11.7. The molecule has 2 heterocycles. The highest BCUT2D eigenvalue weighted by Crippen LogP contribution is 2.21. The summed E-state index contributed by atoms with van der Waals surface area (Å²) >= 11 is 0. The number of guanidine groups is 1. The molecule has 1 saturated heterocycles. The van der Waals surface area contributed by atoms with Crippen molar-refractivity contribution in [2.24, 2.45) is 28.3 Å². The van der Waals surface area contributed by atoms with Gasteiger partial charge in [0.25, 0.3) is 0 Å². The number of nitrogens with two attached hydrogens (primary N) is 2. The van der Waals surface area contributed by atoms with E-state index in [1.165, 1.54) is 24.5 Å². The van der Waals surface area contributed by atoms with E-state index in [9.17, 15) is 48.6 Å². The van der Waals surface area contributed by atoms with Crippen molar-refractivity contribution in [3.63, 3.8) is 0 Å². The van der Waals surface area contributed by atoms with Crippen molar-refractivity contribution in [1.29, 1.82) is 0 Å². The molecule has 0 spiro atoms. The molecule has 0 saturated carbocycles. The molecule has 24 heteroatoms. The average molecular weight is 970 g/mol. The lowest BCUT2D eigenvalue weighted by molar-refractivity contribution is -0.145. The van der Waals surface area contributed by atoms with E-state index in [2.05, 4.69) is 52.2 Å². The number of carbonyl (C=O) groups is 8. The summed E-state index contributed by atoms with van der Waals surface area (Å²) in [7, 11) is 3.07. The number of aliphatic carboxylic acids is 1. The number of likely N-dealkylation sites (N-methyl/N-ethyl adjacent to an activating group) is 1. The van der Waals surface area contributed by atoms with Gasteiger partial charge in [-0.1, -0.05) is 46.2 Å². The maximum atomic E-state index is 14.5. The van der Waals surface area contributed by atoms with E-state index >= 15 is 0 Å². The number of nitrogens with one attached hydrogen (secondary N) is 8. The van der Waals surface area contributed by atoms with Gasteiger partial charge in [0.1, 0.15) is 48.0 Å². The van der Waals surface area contributed by atoms with E-state index in [4.69, 9.17) is 16.2 Å². The number of aliphatic imine (C=N–C) groups is 1. The van der Waals surface area contributed by atoms with Gasteiger partial charge in [-0.2, -0.15) is 0 Å². The standard InChI is InChI=1S/C45H71N13O11/c1-7-26(4)37(42(65)55-33(21-28-22-49-24-51-28)43(66)58-18-9-11-34(58)40(63)53-31(16-19-59)44(67)68)57-39(62)32(20-27-12-14-29(69-6)15-13-27)54-41(64)36(25(2)3)56-38(61)30(52-35(60)23-48-5)10-8-17-50-45(46)47/h12-15,22,24-26,30-34,36-37,48,59H,7-11,16-21,23H2,1-6H3,(H,49,51)(H,52,60)(H,53,63)(H,54,64)(H,55,65)(H,56,61)(H,57,62)(H,67,68)(H4,46,47,50)/t26-,30-,31-,32-,33-,34+,36-,37-/m0/s1. The van der Waals surface area contributed by atoms with Crippen molar-refractivity contribution in [2.75, 3.05) is 40.4 Å². The van der Waals surface area contributed by atoms with Crippen molar-refractivity contribution in [2.45, 2.75) is 121 Å². The zero-order valence-electron chi connectivity index (χ0n) is 40.2. The number of hydrogen-bond donors (Lipinski definition) is 12. The zero-order chi connectivity index (χ0) is 51.2. The molecule has 1 aliphatic rings. The molecule has 382 valence electrons. The minimum absolute atomic E-state index is 0.0664. The van der Waals surface area contributed by atoms with Crippen LogP contribution in [-0.2, 0) is 51.2 Å². The first-order valence-corrected chi connectivity index (χ1v) is 23.1. The second kappa shape index (κ2) is 28.5. The first kappa shape index (κ1) is 56.5. The Morgan fingerprint density at radius 1 is 0.855 bits per heavy atom. The van der Waals surface area contributed by atoms with Gasteiger partial charge in [0.05, 0.1) is 20.0 Å². The number of carboxylic acids is 1. The Labute approximate surface area is 401 Å². The Balaban J connectivity index is 1.93. The van der Waals surface area contributed by atoms with Gasteiger partial charge in [-0.05, 0) is 62.3 Å². The van der Waals surface area contributed by atoms with Crippen LogP contribution in [0, 0.1) is 11.8 Å². The number of hydrogen-bond acceptors (Lipinski definition) is 13. The van der Waals surface area contributed by atoms with Gasteiger partial charge in [-0.25, -0.2) is 9.78 Å². The minimum Gasteiger partial charge on any atom is -0.497 e. The van der Waals surface area contributed by atoms with Crippen molar-refractivity contribution >= 4 is 53.3 Å². The van der Waals surface area contributed by atoms with Crippen LogP contribution < -0.4 is 53.4 Å². The van der Waals surface area contributed by atoms with Crippen molar-refractivity contribution in [3.05, 3.63) is 48.0 Å². The lowest BCUT2D eigenvalue weighted by Crippen LogP contribution is -2.62. The van der Waals surface area contributed by atoms with Gasteiger partial charge in [0.15, 0.2) is 5.96 Å². The number of carbonyl (C=O) groups excluding carboxylic acids is 7. The maximum Gasteiger partial charge on any atom is 0.326 e. The molecule has 1 aromatic heterocycles. The summed E-state index contributed by atoms with van der Waals surface area (Å²) in [5.41, 5.74) is 12.0. The number of H-pyrrole nitrogens is 1. The summed E-state index contributed by atoms with van der Waals surface area (Å²) in [5, 5.41) is 37.8. The minimum atomic E-state index is -1.39. The lowest BCUT2D eigenvalue weighted by Gasteiger charge is -2.32. The van der Waals surface area contributed by atoms with Crippen LogP contribution in [0.4, 0.5) is 0 Å². The Kier molecular flexibility index (Phi) is 23.3. The van der Waals surface area contributed by atoms with Crippen LogP contribution in [0.5, 0.6) is 5.75 Å². The quantitative estimate of drug-likeness (QED) is 0.0229. The molecule has 2 aromatic rings. The summed E-state index contributed by atoms with van der Waals surface area (Å²) in [6.45, 7) is 6.67. The van der Waals surface area contributed by atoms with Crippen LogP contribution in [0.25, 0.3) is 0 Å². The number of amides is 7. The smallest absolute Gasteiger partial charge is 0.326 e. The van der Waals surface area contributed by atoms with Gasteiger partial charge in [-0.3, -0.25) is 38.6 Å². The number of carboxylic acid groups (broad SMARTS) is 1. The van der Waals surface area contributed by atoms with E-state index in [0.717, 1.165) is 0 Å². The molecule has 1 fully saturated rings. The number of benzene rings is 1. The molecule has 14 N–H and O–H groups in total. The summed E-state index contributed by atoms with van der Waals surface area (Å²) in [5.74, 6) is -6.68. The van der Waals surface area contributed by atoms with Crippen LogP contribution in [0.3, 0.4) is 0 Å². The number of rotatable bonds is 29. The van der Waals surface area contributed by atoms with Crippen molar-refractivity contribution in [1.82, 2.24) is 52.1 Å². The normalized spacial score (nSPS) is 16.3. The molecule has 1 aliphatic heterocycles. The molecule has 1 aromatic carbocycles. The number of aromatic amines is 1. The molecular formula is C45H71N13O11. The predicted molar refractivity (Wildman–Crippen MR) is 253 cm³/mol. The van der Waals surface area contributed by atoms with Crippen LogP contribution in [0.2, 0.25) is 0 Å². The van der Waals surface area contributed by atoms with Crippen molar-refractivity contribution < 1.29 is 53.3 Å². The number of aromatic nitrogens is 2. The molecule has 3 rings (SSSR count). The predicted octanol–water partition coefficient (Wildman–Crippen LogP) is -2.45. The van der Waals surface area contributed by atoms with E-state index in [0.29, 0.717) is 36.3 Å². The third-order valence-corrected chi connectivity index (χ3v) is 11.7. The van der Waals surface area contributed by atoms with E-state index in [-0.39, 0.29) is 57.7 Å². The number of imidazole rings is 1. The highest BCUT2D eigenvalue weighted by atomic mass is 16.5. The second-order valence-electron chi connectivity index (χ2n) is 17.3. The summed E-state index contributed by atoms with van der Waals surface area (Å²) in [6.07, 6.45) is 3.93. The highest BCUT2D eigenvalue weighted by Gasteiger charge is 2.41. The van der Waals surface area contributed by atoms with E-state index in [1.807, 2.05) is 0 Å². The summed E-state index contributed by atoms with van der Waals surface area (Å²) < 4.78 is 5.30. The van der Waals surface area contributed by atoms with Gasteiger partial charge in [-0.15, -0.1) is 0 Å². The fraction of sp³-hybridized carbons (Fsp3) is 0.600. The average Bonchev–Trinajstić information content (AvgIpc) is 4.03. The molecule has 69 heavy (non-hydrogen) atoms. The van der Waals surface area contributed by atoms with Crippen LogP contribution in [0.1, 0.15) is 77.5 Å². The Bertz CT molecular complexity index is 2050. The largest absolute Gasteiger partial charge is 0.497 e. The third kappa shape index (κ3) is 18.0. The van der Waals surface area contributed by atoms with Crippen LogP contribution in [-0.4, -0.2) is 161 Å². The SMILES string of the molecule is CC[C@H](C)[C@H](NC(=O)[C@H](Cc1ccc(OC)cc1)NC(=O)[C@@H](NC(=O)[C@H](CCCN=C(N)N)NC(=O)CNC)C(C)C)C(=O)N[C@@H](Cc1cnc[nH]1)C(=O)N1CCC[C@@H]1C(=O)N[C@@H](CCO)C(=O)O. The van der Waals surface area contributed by atoms with Crippen LogP contribution in [0.15, 0.2) is 41.8 Å². The van der Waals surface area contributed by atoms with Gasteiger partial charge in [0.2, 0.25) is 41.4 Å². The zero-order valence-corrected chi connectivity index (χ0v) is 40.2. The number of methoxy groups -OCH3 is 1. The summed E-state index contributed by atoms with van der Waals surface area (Å²) in [6, 6.07) is -1.81. The van der Waals surface area contributed by atoms with E-state index in [1.54, 1.807) is 59.0 Å². The molecule has 7 amide bonds. The molecular weight excluding hydrogens is 899 g/mol. The van der Waals surface area contributed by atoms with Gasteiger partial charge in [0, 0.05) is 50.8 Å². The Hall–Kier alpha value is -6.82. The maximum absolute atomic E-state index is 14.5. The van der Waals surface area contributed by atoms with Gasteiger partial charge >= 0.3 is 5.97 Å². The number of likely N-dealkylation sites (tertiary alicyclic amines) is 1. The van der Waals surface area contributed by atoms with Crippen molar-refractivity contribution in [3.8, 4) is 5.75 Å². The summed E-state index contributed by atoms with van der Waals surface area (Å²) in [4.78, 5) is 121. The first-order valence-electron chi connectivity index (χ1n) is 23.1. The second-order valence-corrected chi connectivity index (χ2v) is 17.3. The fourth-order valence-electron chi connectivity index (χ4n) is 7.63. The fourth-order valence-corrected chi connectivity index (χ4v) is 7.63. The number of ether oxygens (including phenoxy) is 1. The van der Waals surface area contributed by atoms with E-state index < -0.39 is 108 Å². The topological polar surface area (TPSA) is 367 Å². The van der Waals surface area contributed by atoms with Gasteiger partial charge < -0.3 is 73.5 Å². The number of aliphatic hydroxyl groups excluding tert-OH is 1. The monoisotopic (exact) mass is 970 g/mol. The molecule has 0 aliphatic carbocycles.